The number of carbonyl (C=O) groups excluding carboxylic acids is 1. The Kier molecular flexibility index (Phi) is 4.03. The normalized spacial score (nSPS) is 24.4. The van der Waals surface area contributed by atoms with Crippen LogP contribution in [0.3, 0.4) is 0 Å². The number of hydrogen-bond acceptors (Lipinski definition) is 6. The van der Waals surface area contributed by atoms with Crippen LogP contribution in [0.5, 0.6) is 0 Å². The van der Waals surface area contributed by atoms with Gasteiger partial charge in [0.05, 0.1) is 17.8 Å². The standard InChI is InChI=1S/C15H22N4O4S/c1-10-8-12(19-14(20)23-9-15(19,2)3)17-13(16-10)11-6-5-7-18(11)24(4,21)22/h8,11H,5-7,9H2,1-4H3/t11-/m0/s1. The highest BCUT2D eigenvalue weighted by molar-refractivity contribution is 7.88. The first-order valence-electron chi connectivity index (χ1n) is 7.89. The van der Waals surface area contributed by atoms with Gasteiger partial charge in [0.15, 0.2) is 0 Å². The molecule has 2 saturated heterocycles. The van der Waals surface area contributed by atoms with Crippen molar-refractivity contribution in [3.63, 3.8) is 0 Å². The zero-order valence-corrected chi connectivity index (χ0v) is 15.1. The van der Waals surface area contributed by atoms with Crippen molar-refractivity contribution in [2.24, 2.45) is 0 Å². The smallest absolute Gasteiger partial charge is 0.416 e. The number of aryl methyl sites for hydroxylation is 1. The molecule has 0 saturated carbocycles. The summed E-state index contributed by atoms with van der Waals surface area (Å²) in [4.78, 5) is 22.5. The molecule has 2 fully saturated rings. The van der Waals surface area contributed by atoms with Gasteiger partial charge in [-0.2, -0.15) is 4.31 Å². The van der Waals surface area contributed by atoms with Gasteiger partial charge in [0.25, 0.3) is 0 Å². The van der Waals surface area contributed by atoms with Crippen molar-refractivity contribution in [3.8, 4) is 0 Å². The van der Waals surface area contributed by atoms with E-state index in [1.165, 1.54) is 15.5 Å². The molecule has 2 aliphatic rings. The van der Waals surface area contributed by atoms with E-state index < -0.39 is 21.7 Å². The lowest BCUT2D eigenvalue weighted by molar-refractivity contribution is 0.175. The molecule has 132 valence electrons. The number of ether oxygens (including phenoxy) is 1. The average Bonchev–Trinajstić information content (AvgIpc) is 3.02. The van der Waals surface area contributed by atoms with Gasteiger partial charge in [-0.25, -0.2) is 23.2 Å². The number of anilines is 1. The summed E-state index contributed by atoms with van der Waals surface area (Å²) in [6.07, 6.45) is 2.18. The Bertz CT molecular complexity index is 778. The highest BCUT2D eigenvalue weighted by Crippen LogP contribution is 2.35. The molecule has 9 heteroatoms. The molecule has 1 amide bonds. The van der Waals surface area contributed by atoms with Crippen molar-refractivity contribution >= 4 is 21.9 Å². The topological polar surface area (TPSA) is 92.7 Å². The van der Waals surface area contributed by atoms with Crippen LogP contribution in [0.1, 0.15) is 44.2 Å². The molecule has 1 atom stereocenters. The molecule has 2 aliphatic heterocycles. The second kappa shape index (κ2) is 5.66. The van der Waals surface area contributed by atoms with Crippen LogP contribution in [0.4, 0.5) is 10.6 Å². The Labute approximate surface area is 141 Å². The molecule has 3 heterocycles. The lowest BCUT2D eigenvalue weighted by Gasteiger charge is -2.28. The first-order valence-corrected chi connectivity index (χ1v) is 9.74. The Morgan fingerprint density at radius 1 is 1.33 bits per heavy atom. The van der Waals surface area contributed by atoms with Gasteiger partial charge in [0.2, 0.25) is 10.0 Å². The molecule has 0 spiro atoms. The Morgan fingerprint density at radius 2 is 2.04 bits per heavy atom. The summed E-state index contributed by atoms with van der Waals surface area (Å²) in [5.41, 5.74) is 0.173. The first-order chi connectivity index (χ1) is 11.1. The van der Waals surface area contributed by atoms with Crippen molar-refractivity contribution in [2.45, 2.75) is 45.2 Å². The fourth-order valence-electron chi connectivity index (χ4n) is 3.25. The predicted molar refractivity (Wildman–Crippen MR) is 88.2 cm³/mol. The minimum Gasteiger partial charge on any atom is -0.447 e. The quantitative estimate of drug-likeness (QED) is 0.819. The maximum atomic E-state index is 12.1. The average molecular weight is 354 g/mol. The lowest BCUT2D eigenvalue weighted by atomic mass is 10.1. The number of aromatic nitrogens is 2. The fraction of sp³-hybridized carbons (Fsp3) is 0.667. The van der Waals surface area contributed by atoms with Gasteiger partial charge in [-0.1, -0.05) is 0 Å². The van der Waals surface area contributed by atoms with E-state index in [1.54, 1.807) is 6.07 Å². The second-order valence-electron chi connectivity index (χ2n) is 6.96. The molecule has 3 rings (SSSR count). The maximum Gasteiger partial charge on any atom is 0.416 e. The Morgan fingerprint density at radius 3 is 2.62 bits per heavy atom. The molecule has 24 heavy (non-hydrogen) atoms. The van der Waals surface area contributed by atoms with Crippen LogP contribution in [0.2, 0.25) is 0 Å². The molecule has 0 radical (unpaired) electrons. The van der Waals surface area contributed by atoms with Crippen molar-refractivity contribution in [1.82, 2.24) is 14.3 Å². The molecule has 1 aromatic rings. The number of rotatable bonds is 3. The summed E-state index contributed by atoms with van der Waals surface area (Å²) in [6, 6.07) is 1.33. The largest absolute Gasteiger partial charge is 0.447 e. The molecule has 0 N–H and O–H groups in total. The van der Waals surface area contributed by atoms with Crippen LogP contribution in [0, 0.1) is 6.92 Å². The molecule has 0 unspecified atom stereocenters. The predicted octanol–water partition coefficient (Wildman–Crippen LogP) is 1.62. The third kappa shape index (κ3) is 2.98. The van der Waals surface area contributed by atoms with Crippen LogP contribution in [0.15, 0.2) is 6.07 Å². The van der Waals surface area contributed by atoms with Gasteiger partial charge in [0, 0.05) is 18.3 Å². The van der Waals surface area contributed by atoms with E-state index in [-0.39, 0.29) is 12.6 Å². The first kappa shape index (κ1) is 17.1. The SMILES string of the molecule is Cc1cc(N2C(=O)OCC2(C)C)nc([C@@H]2CCCN2S(C)(=O)=O)n1. The third-order valence-electron chi connectivity index (χ3n) is 4.35. The van der Waals surface area contributed by atoms with E-state index in [0.717, 1.165) is 6.42 Å². The Balaban J connectivity index is 2.03. The van der Waals surface area contributed by atoms with Crippen LogP contribution < -0.4 is 4.90 Å². The summed E-state index contributed by atoms with van der Waals surface area (Å²) in [5.74, 6) is 0.883. The van der Waals surface area contributed by atoms with Gasteiger partial charge >= 0.3 is 6.09 Å². The zero-order valence-electron chi connectivity index (χ0n) is 14.3. The monoisotopic (exact) mass is 354 g/mol. The highest BCUT2D eigenvalue weighted by atomic mass is 32.2. The fourth-order valence-corrected chi connectivity index (χ4v) is 4.37. The number of hydrogen-bond donors (Lipinski definition) is 0. The minimum atomic E-state index is -3.33. The summed E-state index contributed by atoms with van der Waals surface area (Å²) in [6.45, 7) is 6.35. The van der Waals surface area contributed by atoms with Crippen LogP contribution in [-0.4, -0.2) is 53.7 Å². The van der Waals surface area contributed by atoms with E-state index in [4.69, 9.17) is 4.74 Å². The maximum absolute atomic E-state index is 12.1. The number of carbonyl (C=O) groups is 1. The number of amides is 1. The minimum absolute atomic E-state index is 0.281. The number of nitrogens with zero attached hydrogens (tertiary/aromatic N) is 4. The van der Waals surface area contributed by atoms with E-state index in [2.05, 4.69) is 9.97 Å². The van der Waals surface area contributed by atoms with Crippen molar-refractivity contribution < 1.29 is 17.9 Å². The van der Waals surface area contributed by atoms with E-state index >= 15 is 0 Å². The summed E-state index contributed by atoms with van der Waals surface area (Å²) in [5, 5.41) is 0. The van der Waals surface area contributed by atoms with E-state index in [1.807, 2.05) is 20.8 Å². The Hall–Kier alpha value is -1.74. The molecule has 0 bridgehead atoms. The van der Waals surface area contributed by atoms with Gasteiger partial charge in [-0.05, 0) is 33.6 Å². The van der Waals surface area contributed by atoms with Crippen LogP contribution in [-0.2, 0) is 14.8 Å². The van der Waals surface area contributed by atoms with Crippen LogP contribution in [0.25, 0.3) is 0 Å². The molecule has 1 aromatic heterocycles. The zero-order chi connectivity index (χ0) is 17.7. The molecular formula is C15H22N4O4S. The van der Waals surface area contributed by atoms with Gasteiger partial charge < -0.3 is 4.74 Å². The van der Waals surface area contributed by atoms with Gasteiger partial charge in [-0.3, -0.25) is 4.90 Å². The van der Waals surface area contributed by atoms with E-state index in [0.29, 0.717) is 30.3 Å². The van der Waals surface area contributed by atoms with Crippen molar-refractivity contribution in [2.75, 3.05) is 24.3 Å². The molecule has 8 nitrogen and oxygen atoms in total. The van der Waals surface area contributed by atoms with Crippen molar-refractivity contribution in [3.05, 3.63) is 17.6 Å². The van der Waals surface area contributed by atoms with E-state index in [9.17, 15) is 13.2 Å². The second-order valence-corrected chi connectivity index (χ2v) is 8.89. The lowest BCUT2D eigenvalue weighted by Crippen LogP contribution is -2.43. The van der Waals surface area contributed by atoms with Crippen LogP contribution >= 0.6 is 0 Å². The number of cyclic esters (lactones) is 1. The summed E-state index contributed by atoms with van der Waals surface area (Å²) >= 11 is 0. The molecule has 0 aliphatic carbocycles. The summed E-state index contributed by atoms with van der Waals surface area (Å²) in [7, 11) is -3.33. The molecule has 0 aromatic carbocycles. The summed E-state index contributed by atoms with van der Waals surface area (Å²) < 4.78 is 30.5. The highest BCUT2D eigenvalue weighted by Gasteiger charge is 2.43. The van der Waals surface area contributed by atoms with Gasteiger partial charge in [0.1, 0.15) is 18.2 Å². The van der Waals surface area contributed by atoms with Gasteiger partial charge in [-0.15, -0.1) is 0 Å². The number of sulfonamides is 1. The third-order valence-corrected chi connectivity index (χ3v) is 5.64. The van der Waals surface area contributed by atoms with Crippen molar-refractivity contribution in [1.29, 1.82) is 0 Å². The molecular weight excluding hydrogens is 332 g/mol.